The zero-order valence-corrected chi connectivity index (χ0v) is 17.7. The Morgan fingerprint density at radius 3 is 2.43 bits per heavy atom. The molecule has 1 aliphatic carbocycles. The molecule has 2 aliphatic rings. The van der Waals surface area contributed by atoms with Gasteiger partial charge in [-0.2, -0.15) is 0 Å². The summed E-state index contributed by atoms with van der Waals surface area (Å²) in [6.45, 7) is 0. The standard InChI is InChI=1S/C22H19Cl2NO2S/c1-28-15-8-5-13(6-9-15)16-12-21(27)25(14-7-10-17(23)18(24)11-14)19-3-2-4-20(26)22(16)19/h5-11,16H,2-4,12H2,1H3. The third-order valence-corrected chi connectivity index (χ3v) is 6.84. The second kappa shape index (κ2) is 7.94. The van der Waals surface area contributed by atoms with Gasteiger partial charge < -0.3 is 0 Å². The van der Waals surface area contributed by atoms with Gasteiger partial charge in [0.25, 0.3) is 0 Å². The molecule has 0 spiro atoms. The maximum absolute atomic E-state index is 13.2. The quantitative estimate of drug-likeness (QED) is 0.539. The minimum Gasteiger partial charge on any atom is -0.294 e. The zero-order valence-electron chi connectivity index (χ0n) is 15.4. The number of nitrogens with zero attached hydrogens (tertiary/aromatic N) is 1. The minimum atomic E-state index is -0.190. The van der Waals surface area contributed by atoms with Gasteiger partial charge in [0.05, 0.1) is 15.7 Å². The Balaban J connectivity index is 1.82. The number of ketones is 1. The normalized spacial score (nSPS) is 19.8. The minimum absolute atomic E-state index is 0.0224. The molecule has 4 rings (SSSR count). The monoisotopic (exact) mass is 431 g/mol. The molecule has 0 radical (unpaired) electrons. The molecule has 1 atom stereocenters. The number of anilines is 1. The van der Waals surface area contributed by atoms with Crippen molar-refractivity contribution >= 4 is 52.3 Å². The van der Waals surface area contributed by atoms with E-state index < -0.39 is 0 Å². The summed E-state index contributed by atoms with van der Waals surface area (Å²) in [5, 5.41) is 0.835. The average molecular weight is 432 g/mol. The van der Waals surface area contributed by atoms with Crippen LogP contribution in [0.4, 0.5) is 5.69 Å². The van der Waals surface area contributed by atoms with Crippen molar-refractivity contribution in [2.45, 2.75) is 36.5 Å². The molecule has 1 unspecified atom stereocenters. The van der Waals surface area contributed by atoms with Crippen LogP contribution in [0.25, 0.3) is 0 Å². The first-order valence-electron chi connectivity index (χ1n) is 9.18. The molecule has 6 heteroatoms. The van der Waals surface area contributed by atoms with E-state index in [0.717, 1.165) is 28.1 Å². The SMILES string of the molecule is CSc1ccc(C2CC(=O)N(c3ccc(Cl)c(Cl)c3)C3=C2C(=O)CCC3)cc1. The van der Waals surface area contributed by atoms with Gasteiger partial charge in [0.15, 0.2) is 5.78 Å². The van der Waals surface area contributed by atoms with E-state index in [1.54, 1.807) is 34.9 Å². The molecular weight excluding hydrogens is 413 g/mol. The molecule has 0 fully saturated rings. The van der Waals surface area contributed by atoms with Crippen LogP contribution >= 0.6 is 35.0 Å². The number of carbonyl (C=O) groups excluding carboxylic acids is 2. The van der Waals surface area contributed by atoms with Crippen molar-refractivity contribution in [3.63, 3.8) is 0 Å². The topological polar surface area (TPSA) is 37.4 Å². The number of thioether (sulfide) groups is 1. The summed E-state index contributed by atoms with van der Waals surface area (Å²) in [7, 11) is 0. The van der Waals surface area contributed by atoms with Gasteiger partial charge in [-0.05, 0) is 55.0 Å². The molecule has 0 N–H and O–H groups in total. The predicted octanol–water partition coefficient (Wildman–Crippen LogP) is 6.24. The van der Waals surface area contributed by atoms with Crippen LogP contribution < -0.4 is 4.90 Å². The molecule has 1 aliphatic heterocycles. The Labute approximate surface area is 178 Å². The molecule has 2 aromatic rings. The fraction of sp³-hybridized carbons (Fsp3) is 0.273. The van der Waals surface area contributed by atoms with E-state index in [1.165, 1.54) is 0 Å². The van der Waals surface area contributed by atoms with Crippen molar-refractivity contribution in [3.8, 4) is 0 Å². The first-order valence-corrected chi connectivity index (χ1v) is 11.2. The third kappa shape index (κ3) is 3.49. The highest BCUT2D eigenvalue weighted by atomic mass is 35.5. The highest BCUT2D eigenvalue weighted by Crippen LogP contribution is 2.44. The van der Waals surface area contributed by atoms with Crippen LogP contribution in [-0.4, -0.2) is 17.9 Å². The van der Waals surface area contributed by atoms with E-state index in [9.17, 15) is 9.59 Å². The summed E-state index contributed by atoms with van der Waals surface area (Å²) in [6, 6.07) is 13.3. The number of amides is 1. The lowest BCUT2D eigenvalue weighted by Crippen LogP contribution is -2.40. The lowest BCUT2D eigenvalue weighted by atomic mass is 9.77. The largest absolute Gasteiger partial charge is 0.294 e. The van der Waals surface area contributed by atoms with Crippen molar-refractivity contribution in [1.82, 2.24) is 0 Å². The van der Waals surface area contributed by atoms with Crippen molar-refractivity contribution in [1.29, 1.82) is 0 Å². The molecule has 0 aromatic heterocycles. The number of allylic oxidation sites excluding steroid dienone is 2. The molecule has 2 aromatic carbocycles. The maximum Gasteiger partial charge on any atom is 0.232 e. The average Bonchev–Trinajstić information content (AvgIpc) is 2.70. The summed E-state index contributed by atoms with van der Waals surface area (Å²) >= 11 is 13.9. The number of Topliss-reactive ketones (excluding diaryl/α,β-unsaturated/α-hetero) is 1. The van der Waals surface area contributed by atoms with Crippen molar-refractivity contribution in [3.05, 3.63) is 69.3 Å². The lowest BCUT2D eigenvalue weighted by molar-refractivity contribution is -0.119. The van der Waals surface area contributed by atoms with Crippen LogP contribution in [0.1, 0.15) is 37.2 Å². The molecule has 1 heterocycles. The summed E-state index contributed by atoms with van der Waals surface area (Å²) in [5.74, 6) is -0.0752. The third-order valence-electron chi connectivity index (χ3n) is 5.35. The highest BCUT2D eigenvalue weighted by Gasteiger charge is 2.39. The molecule has 0 bridgehead atoms. The predicted molar refractivity (Wildman–Crippen MR) is 115 cm³/mol. The van der Waals surface area contributed by atoms with Crippen LogP contribution in [0.15, 0.2) is 58.6 Å². The van der Waals surface area contributed by atoms with Crippen molar-refractivity contribution in [2.24, 2.45) is 0 Å². The molecule has 0 saturated carbocycles. The van der Waals surface area contributed by atoms with Crippen LogP contribution in [0.5, 0.6) is 0 Å². The van der Waals surface area contributed by atoms with Gasteiger partial charge in [-0.15, -0.1) is 11.8 Å². The Kier molecular flexibility index (Phi) is 5.55. The Morgan fingerprint density at radius 2 is 1.75 bits per heavy atom. The zero-order chi connectivity index (χ0) is 19.8. The van der Waals surface area contributed by atoms with Gasteiger partial charge in [0, 0.05) is 34.9 Å². The first kappa shape index (κ1) is 19.6. The van der Waals surface area contributed by atoms with E-state index in [-0.39, 0.29) is 24.0 Å². The molecule has 144 valence electrons. The van der Waals surface area contributed by atoms with E-state index in [4.69, 9.17) is 23.2 Å². The Bertz CT molecular complexity index is 985. The van der Waals surface area contributed by atoms with Crippen LogP contribution in [0, 0.1) is 0 Å². The fourth-order valence-corrected chi connectivity index (χ4v) is 4.74. The number of benzene rings is 2. The smallest absolute Gasteiger partial charge is 0.232 e. The number of hydrogen-bond donors (Lipinski definition) is 0. The number of carbonyl (C=O) groups is 2. The summed E-state index contributed by atoms with van der Waals surface area (Å²) < 4.78 is 0. The second-order valence-corrected chi connectivity index (χ2v) is 8.69. The van der Waals surface area contributed by atoms with E-state index >= 15 is 0 Å². The number of halogens is 2. The van der Waals surface area contributed by atoms with E-state index in [0.29, 0.717) is 28.6 Å². The van der Waals surface area contributed by atoms with E-state index in [2.05, 4.69) is 0 Å². The molecule has 1 amide bonds. The van der Waals surface area contributed by atoms with Crippen molar-refractivity contribution < 1.29 is 9.59 Å². The van der Waals surface area contributed by atoms with E-state index in [1.807, 2.05) is 30.5 Å². The maximum atomic E-state index is 13.2. The fourth-order valence-electron chi connectivity index (χ4n) is 4.04. The highest BCUT2D eigenvalue weighted by molar-refractivity contribution is 7.98. The summed E-state index contributed by atoms with van der Waals surface area (Å²) in [6.07, 6.45) is 4.28. The van der Waals surface area contributed by atoms with Gasteiger partial charge in [-0.25, -0.2) is 0 Å². The van der Waals surface area contributed by atoms with Gasteiger partial charge in [-0.3, -0.25) is 14.5 Å². The molecule has 0 saturated heterocycles. The number of rotatable bonds is 3. The Morgan fingerprint density at radius 1 is 1.00 bits per heavy atom. The van der Waals surface area contributed by atoms with Crippen LogP contribution in [-0.2, 0) is 9.59 Å². The van der Waals surface area contributed by atoms with Crippen molar-refractivity contribution in [2.75, 3.05) is 11.2 Å². The summed E-state index contributed by atoms with van der Waals surface area (Å²) in [4.78, 5) is 28.9. The molecular formula is C22H19Cl2NO2S. The summed E-state index contributed by atoms with van der Waals surface area (Å²) in [5.41, 5.74) is 3.26. The molecule has 3 nitrogen and oxygen atoms in total. The van der Waals surface area contributed by atoms with Gasteiger partial charge in [0.2, 0.25) is 5.91 Å². The second-order valence-electron chi connectivity index (χ2n) is 6.99. The first-order chi connectivity index (χ1) is 13.5. The van der Waals surface area contributed by atoms with Gasteiger partial charge >= 0.3 is 0 Å². The van der Waals surface area contributed by atoms with Crippen LogP contribution in [0.2, 0.25) is 10.0 Å². The van der Waals surface area contributed by atoms with Gasteiger partial charge in [0.1, 0.15) is 0 Å². The number of hydrogen-bond acceptors (Lipinski definition) is 3. The van der Waals surface area contributed by atoms with Crippen LogP contribution in [0.3, 0.4) is 0 Å². The molecule has 28 heavy (non-hydrogen) atoms. The Hall–Kier alpha value is -1.75. The lowest BCUT2D eigenvalue weighted by Gasteiger charge is -2.38. The van der Waals surface area contributed by atoms with Gasteiger partial charge in [-0.1, -0.05) is 35.3 Å².